The zero-order chi connectivity index (χ0) is 12.4. The van der Waals surface area contributed by atoms with E-state index in [9.17, 15) is 0 Å². The first-order valence-corrected chi connectivity index (χ1v) is 7.26. The fourth-order valence-corrected chi connectivity index (χ4v) is 3.47. The molecule has 2 fully saturated rings. The van der Waals surface area contributed by atoms with Gasteiger partial charge in [-0.2, -0.15) is 0 Å². The molecule has 0 spiro atoms. The van der Waals surface area contributed by atoms with Gasteiger partial charge in [-0.25, -0.2) is 0 Å². The summed E-state index contributed by atoms with van der Waals surface area (Å²) < 4.78 is 11.2. The average Bonchev–Trinajstić information content (AvgIpc) is 3.10. The third-order valence-corrected chi connectivity index (χ3v) is 4.36. The van der Waals surface area contributed by atoms with Gasteiger partial charge in [-0.15, -0.1) is 0 Å². The first kappa shape index (κ1) is 12.2. The van der Waals surface area contributed by atoms with E-state index in [4.69, 9.17) is 9.15 Å². The van der Waals surface area contributed by atoms with E-state index in [1.807, 2.05) is 6.26 Å². The molecule has 0 radical (unpaired) electrons. The van der Waals surface area contributed by atoms with Crippen LogP contribution in [0.5, 0.6) is 0 Å². The van der Waals surface area contributed by atoms with Crippen LogP contribution in [0, 0.1) is 5.92 Å². The van der Waals surface area contributed by atoms with Crippen LogP contribution in [0.15, 0.2) is 23.0 Å². The fourth-order valence-electron chi connectivity index (χ4n) is 3.47. The molecule has 1 N–H and O–H groups in total. The predicted octanol–water partition coefficient (Wildman–Crippen LogP) is 2.76. The van der Waals surface area contributed by atoms with Crippen LogP contribution < -0.4 is 5.32 Å². The second-order valence-electron chi connectivity index (χ2n) is 5.67. The third-order valence-electron chi connectivity index (χ3n) is 4.36. The van der Waals surface area contributed by atoms with Crippen LogP contribution in [0.2, 0.25) is 0 Å². The molecule has 0 aromatic carbocycles. The summed E-state index contributed by atoms with van der Waals surface area (Å²) in [4.78, 5) is 0. The molecule has 100 valence electrons. The Balaban J connectivity index is 1.65. The van der Waals surface area contributed by atoms with E-state index in [-0.39, 0.29) is 0 Å². The topological polar surface area (TPSA) is 34.4 Å². The van der Waals surface area contributed by atoms with Crippen molar-refractivity contribution in [1.82, 2.24) is 5.32 Å². The smallest absolute Gasteiger partial charge is 0.0935 e. The molecule has 4 unspecified atom stereocenters. The van der Waals surface area contributed by atoms with Crippen LogP contribution in [-0.4, -0.2) is 24.8 Å². The highest BCUT2D eigenvalue weighted by atomic mass is 16.5. The molecule has 3 nitrogen and oxygen atoms in total. The Morgan fingerprint density at radius 2 is 2.39 bits per heavy atom. The SMILES string of the molecule is CCCNC(Cc1ccoc1)C1CC2CCC1O2. The minimum Gasteiger partial charge on any atom is -0.472 e. The van der Waals surface area contributed by atoms with E-state index < -0.39 is 0 Å². The molecule has 2 aliphatic rings. The molecule has 0 saturated carbocycles. The minimum atomic E-state index is 0.497. The van der Waals surface area contributed by atoms with Crippen molar-refractivity contribution in [1.29, 1.82) is 0 Å². The zero-order valence-electron chi connectivity index (χ0n) is 11.1. The molecule has 3 heteroatoms. The summed E-state index contributed by atoms with van der Waals surface area (Å²) in [5, 5.41) is 3.71. The molecule has 1 aromatic heterocycles. The Morgan fingerprint density at radius 3 is 3.00 bits per heavy atom. The quantitative estimate of drug-likeness (QED) is 0.842. The van der Waals surface area contributed by atoms with Crippen molar-refractivity contribution < 1.29 is 9.15 Å². The lowest BCUT2D eigenvalue weighted by molar-refractivity contribution is 0.0857. The molecule has 0 amide bonds. The van der Waals surface area contributed by atoms with Gasteiger partial charge in [0, 0.05) is 12.0 Å². The second-order valence-corrected chi connectivity index (χ2v) is 5.67. The summed E-state index contributed by atoms with van der Waals surface area (Å²) in [6.07, 6.45) is 10.7. The molecule has 3 rings (SSSR count). The summed E-state index contributed by atoms with van der Waals surface area (Å²) in [7, 11) is 0. The Morgan fingerprint density at radius 1 is 1.44 bits per heavy atom. The molecule has 0 aliphatic carbocycles. The van der Waals surface area contributed by atoms with Crippen LogP contribution in [-0.2, 0) is 11.2 Å². The lowest BCUT2D eigenvalue weighted by Crippen LogP contribution is -2.42. The van der Waals surface area contributed by atoms with Crippen molar-refractivity contribution in [2.75, 3.05) is 6.54 Å². The van der Waals surface area contributed by atoms with Gasteiger partial charge in [-0.1, -0.05) is 6.92 Å². The summed E-state index contributed by atoms with van der Waals surface area (Å²) in [6.45, 7) is 3.32. The summed E-state index contributed by atoms with van der Waals surface area (Å²) in [5.74, 6) is 0.685. The monoisotopic (exact) mass is 249 g/mol. The summed E-state index contributed by atoms with van der Waals surface area (Å²) in [5.41, 5.74) is 1.30. The van der Waals surface area contributed by atoms with E-state index in [1.54, 1.807) is 6.26 Å². The summed E-state index contributed by atoms with van der Waals surface area (Å²) in [6, 6.07) is 2.62. The zero-order valence-corrected chi connectivity index (χ0v) is 11.1. The Labute approximate surface area is 109 Å². The van der Waals surface area contributed by atoms with Crippen molar-refractivity contribution in [3.05, 3.63) is 24.2 Å². The third kappa shape index (κ3) is 2.47. The number of rotatable bonds is 6. The molecular formula is C15H23NO2. The molecule has 2 bridgehead atoms. The number of fused-ring (bicyclic) bond motifs is 2. The molecule has 18 heavy (non-hydrogen) atoms. The highest BCUT2D eigenvalue weighted by molar-refractivity contribution is 5.09. The van der Waals surface area contributed by atoms with Crippen molar-refractivity contribution in [2.45, 2.75) is 57.3 Å². The summed E-state index contributed by atoms with van der Waals surface area (Å²) >= 11 is 0. The highest BCUT2D eigenvalue weighted by Gasteiger charge is 2.44. The Hall–Kier alpha value is -0.800. The lowest BCUT2D eigenvalue weighted by atomic mass is 9.81. The highest BCUT2D eigenvalue weighted by Crippen LogP contribution is 2.41. The molecule has 1 aromatic rings. The van der Waals surface area contributed by atoms with Gasteiger partial charge in [-0.05, 0) is 50.3 Å². The molecular weight excluding hydrogens is 226 g/mol. The Bertz CT molecular complexity index is 363. The van der Waals surface area contributed by atoms with Gasteiger partial charge in [0.05, 0.1) is 24.7 Å². The second kappa shape index (κ2) is 5.45. The molecule has 3 heterocycles. The van der Waals surface area contributed by atoms with Crippen LogP contribution >= 0.6 is 0 Å². The number of ether oxygens (including phenoxy) is 1. The van der Waals surface area contributed by atoms with Gasteiger partial charge in [0.2, 0.25) is 0 Å². The van der Waals surface area contributed by atoms with Gasteiger partial charge < -0.3 is 14.5 Å². The number of hydrogen-bond donors (Lipinski definition) is 1. The largest absolute Gasteiger partial charge is 0.472 e. The maximum atomic E-state index is 6.00. The molecule has 4 atom stereocenters. The number of hydrogen-bond acceptors (Lipinski definition) is 3. The van der Waals surface area contributed by atoms with Crippen LogP contribution in [0.25, 0.3) is 0 Å². The Kier molecular flexibility index (Phi) is 3.71. The predicted molar refractivity (Wildman–Crippen MR) is 70.5 cm³/mol. The number of furan rings is 1. The molecule has 2 saturated heterocycles. The first-order valence-electron chi connectivity index (χ1n) is 7.26. The minimum absolute atomic E-state index is 0.497. The van der Waals surface area contributed by atoms with Crippen molar-refractivity contribution >= 4 is 0 Å². The van der Waals surface area contributed by atoms with Crippen molar-refractivity contribution in [3.63, 3.8) is 0 Å². The van der Waals surface area contributed by atoms with Gasteiger partial charge in [-0.3, -0.25) is 0 Å². The van der Waals surface area contributed by atoms with E-state index in [2.05, 4.69) is 18.3 Å². The maximum Gasteiger partial charge on any atom is 0.0935 e. The number of nitrogens with one attached hydrogen (secondary N) is 1. The standard InChI is InChI=1S/C15H23NO2/c1-2-6-16-14(8-11-5-7-17-10-11)13-9-12-3-4-15(13)18-12/h5,7,10,12-16H,2-4,6,8-9H2,1H3. The normalized spacial score (nSPS) is 31.9. The first-order chi connectivity index (χ1) is 8.86. The van der Waals surface area contributed by atoms with Gasteiger partial charge in [0.25, 0.3) is 0 Å². The van der Waals surface area contributed by atoms with Crippen molar-refractivity contribution in [3.8, 4) is 0 Å². The van der Waals surface area contributed by atoms with Gasteiger partial charge in [0.15, 0.2) is 0 Å². The maximum absolute atomic E-state index is 6.00. The van der Waals surface area contributed by atoms with E-state index >= 15 is 0 Å². The lowest BCUT2D eigenvalue weighted by Gasteiger charge is -2.29. The van der Waals surface area contributed by atoms with Crippen molar-refractivity contribution in [2.24, 2.45) is 5.92 Å². The van der Waals surface area contributed by atoms with E-state index in [1.165, 1.54) is 31.2 Å². The van der Waals surface area contributed by atoms with E-state index in [0.717, 1.165) is 13.0 Å². The van der Waals surface area contributed by atoms with Crippen LogP contribution in [0.3, 0.4) is 0 Å². The van der Waals surface area contributed by atoms with Crippen LogP contribution in [0.1, 0.15) is 38.2 Å². The van der Waals surface area contributed by atoms with Crippen LogP contribution in [0.4, 0.5) is 0 Å². The molecule has 2 aliphatic heterocycles. The fraction of sp³-hybridized carbons (Fsp3) is 0.733. The van der Waals surface area contributed by atoms with Gasteiger partial charge >= 0.3 is 0 Å². The van der Waals surface area contributed by atoms with Gasteiger partial charge in [0.1, 0.15) is 0 Å². The average molecular weight is 249 g/mol. The van der Waals surface area contributed by atoms with E-state index in [0.29, 0.717) is 24.2 Å².